The van der Waals surface area contributed by atoms with Gasteiger partial charge in [-0.1, -0.05) is 6.92 Å². The second kappa shape index (κ2) is 7.88. The maximum atomic E-state index is 12.5. The zero-order valence-corrected chi connectivity index (χ0v) is 14.2. The van der Waals surface area contributed by atoms with E-state index in [9.17, 15) is 8.42 Å². The molecule has 0 bridgehead atoms. The molecule has 1 aromatic rings. The average Bonchev–Trinajstić information content (AvgIpc) is 2.65. The number of rotatable bonds is 9. The molecule has 1 aromatic heterocycles. The first-order chi connectivity index (χ1) is 9.83. The Kier molecular flexibility index (Phi) is 6.79. The van der Waals surface area contributed by atoms with Crippen LogP contribution in [0.5, 0.6) is 0 Å². The van der Waals surface area contributed by atoms with E-state index in [-0.39, 0.29) is 10.9 Å². The molecule has 0 amide bonds. The van der Waals surface area contributed by atoms with Gasteiger partial charge in [-0.3, -0.25) is 4.68 Å². The van der Waals surface area contributed by atoms with Crippen molar-refractivity contribution in [2.45, 2.75) is 45.2 Å². The van der Waals surface area contributed by atoms with Crippen molar-refractivity contribution in [3.63, 3.8) is 0 Å². The second-order valence-electron chi connectivity index (χ2n) is 5.05. The standard InChI is InChI=1S/C13H26N4O3S/c1-6-14-7-8-17-12(4)13(11(3)15-17)21(18,19)16-10(2)9-20-5/h10,14,16H,6-9H2,1-5H3. The summed E-state index contributed by atoms with van der Waals surface area (Å²) in [5.74, 6) is 0. The van der Waals surface area contributed by atoms with Gasteiger partial charge in [-0.2, -0.15) is 5.10 Å². The van der Waals surface area contributed by atoms with Crippen molar-refractivity contribution in [2.24, 2.45) is 0 Å². The third-order valence-corrected chi connectivity index (χ3v) is 4.95. The normalized spacial score (nSPS) is 13.6. The van der Waals surface area contributed by atoms with Crippen LogP contribution in [-0.2, 0) is 21.3 Å². The summed E-state index contributed by atoms with van der Waals surface area (Å²) in [5, 5.41) is 7.53. The molecular weight excluding hydrogens is 292 g/mol. The lowest BCUT2D eigenvalue weighted by molar-refractivity contribution is 0.180. The van der Waals surface area contributed by atoms with Crippen LogP contribution < -0.4 is 10.0 Å². The fourth-order valence-corrected chi connectivity index (χ4v) is 3.90. The number of aromatic nitrogens is 2. The van der Waals surface area contributed by atoms with Gasteiger partial charge >= 0.3 is 0 Å². The van der Waals surface area contributed by atoms with Crippen LogP contribution in [0.2, 0.25) is 0 Å². The number of hydrogen-bond donors (Lipinski definition) is 2. The van der Waals surface area contributed by atoms with Gasteiger partial charge in [0.05, 0.1) is 24.5 Å². The van der Waals surface area contributed by atoms with Crippen molar-refractivity contribution in [1.29, 1.82) is 0 Å². The molecule has 2 N–H and O–H groups in total. The predicted molar refractivity (Wildman–Crippen MR) is 81.9 cm³/mol. The second-order valence-corrected chi connectivity index (χ2v) is 6.71. The van der Waals surface area contributed by atoms with E-state index in [2.05, 4.69) is 15.1 Å². The number of aryl methyl sites for hydroxylation is 1. The molecule has 1 rings (SSSR count). The van der Waals surface area contributed by atoms with E-state index >= 15 is 0 Å². The lowest BCUT2D eigenvalue weighted by Crippen LogP contribution is -2.36. The Morgan fingerprint density at radius 1 is 1.38 bits per heavy atom. The third-order valence-electron chi connectivity index (χ3n) is 3.11. The van der Waals surface area contributed by atoms with Crippen LogP contribution in [-0.4, -0.2) is 51.0 Å². The van der Waals surface area contributed by atoms with Gasteiger partial charge in [-0.05, 0) is 27.3 Å². The minimum Gasteiger partial charge on any atom is -0.383 e. The monoisotopic (exact) mass is 318 g/mol. The SMILES string of the molecule is CCNCCn1nc(C)c(S(=O)(=O)NC(C)COC)c1C. The van der Waals surface area contributed by atoms with Crippen LogP contribution in [0.4, 0.5) is 0 Å². The van der Waals surface area contributed by atoms with Crippen LogP contribution in [0, 0.1) is 13.8 Å². The molecule has 0 spiro atoms. The highest BCUT2D eigenvalue weighted by molar-refractivity contribution is 7.89. The topological polar surface area (TPSA) is 85.2 Å². The number of ether oxygens (including phenoxy) is 1. The third kappa shape index (κ3) is 4.77. The minimum absolute atomic E-state index is 0.266. The summed E-state index contributed by atoms with van der Waals surface area (Å²) in [6.07, 6.45) is 0. The van der Waals surface area contributed by atoms with Crippen molar-refractivity contribution in [2.75, 3.05) is 26.8 Å². The van der Waals surface area contributed by atoms with Crippen LogP contribution >= 0.6 is 0 Å². The quantitative estimate of drug-likeness (QED) is 0.645. The fourth-order valence-electron chi connectivity index (χ4n) is 2.26. The molecule has 122 valence electrons. The summed E-state index contributed by atoms with van der Waals surface area (Å²) < 4.78 is 34.2. The van der Waals surface area contributed by atoms with Gasteiger partial charge < -0.3 is 10.1 Å². The number of nitrogens with one attached hydrogen (secondary N) is 2. The van der Waals surface area contributed by atoms with Crippen LogP contribution in [0.3, 0.4) is 0 Å². The molecule has 0 saturated heterocycles. The van der Waals surface area contributed by atoms with Crippen molar-refractivity contribution >= 4 is 10.0 Å². The fraction of sp³-hybridized carbons (Fsp3) is 0.769. The van der Waals surface area contributed by atoms with E-state index in [1.165, 1.54) is 0 Å². The highest BCUT2D eigenvalue weighted by Crippen LogP contribution is 2.19. The van der Waals surface area contributed by atoms with E-state index < -0.39 is 10.0 Å². The number of hydrogen-bond acceptors (Lipinski definition) is 5. The maximum Gasteiger partial charge on any atom is 0.244 e. The molecule has 1 unspecified atom stereocenters. The van der Waals surface area contributed by atoms with Gasteiger partial charge in [0.15, 0.2) is 0 Å². The Balaban J connectivity index is 2.96. The summed E-state index contributed by atoms with van der Waals surface area (Å²) >= 11 is 0. The Morgan fingerprint density at radius 3 is 2.62 bits per heavy atom. The van der Waals surface area contributed by atoms with E-state index in [1.807, 2.05) is 6.92 Å². The van der Waals surface area contributed by atoms with E-state index in [0.29, 0.717) is 24.5 Å². The largest absolute Gasteiger partial charge is 0.383 e. The summed E-state index contributed by atoms with van der Waals surface area (Å²) in [4.78, 5) is 0.266. The molecule has 0 aliphatic carbocycles. The first-order valence-electron chi connectivity index (χ1n) is 7.09. The molecule has 1 heterocycles. The maximum absolute atomic E-state index is 12.5. The van der Waals surface area contributed by atoms with Crippen LogP contribution in [0.25, 0.3) is 0 Å². The zero-order chi connectivity index (χ0) is 16.0. The lowest BCUT2D eigenvalue weighted by atomic mass is 10.4. The zero-order valence-electron chi connectivity index (χ0n) is 13.4. The molecule has 0 fully saturated rings. The smallest absolute Gasteiger partial charge is 0.244 e. The number of likely N-dealkylation sites (N-methyl/N-ethyl adjacent to an activating group) is 1. The molecule has 0 aromatic carbocycles. The van der Waals surface area contributed by atoms with Gasteiger partial charge in [0.2, 0.25) is 10.0 Å². The van der Waals surface area contributed by atoms with Gasteiger partial charge in [0.25, 0.3) is 0 Å². The predicted octanol–water partition coefficient (Wildman–Crippen LogP) is 0.423. The summed E-state index contributed by atoms with van der Waals surface area (Å²) in [6, 6.07) is -0.288. The summed E-state index contributed by atoms with van der Waals surface area (Å²) in [6.45, 7) is 9.88. The Bertz CT molecular complexity index is 554. The van der Waals surface area contributed by atoms with Gasteiger partial charge in [0, 0.05) is 19.7 Å². The number of sulfonamides is 1. The molecule has 0 aliphatic heterocycles. The Labute approximate surface area is 127 Å². The van der Waals surface area contributed by atoms with Crippen molar-refractivity contribution in [3.8, 4) is 0 Å². The van der Waals surface area contributed by atoms with Crippen molar-refractivity contribution in [3.05, 3.63) is 11.4 Å². The van der Waals surface area contributed by atoms with E-state index in [0.717, 1.165) is 13.1 Å². The van der Waals surface area contributed by atoms with E-state index in [1.54, 1.807) is 32.6 Å². The first-order valence-corrected chi connectivity index (χ1v) is 8.57. The molecular formula is C13H26N4O3S. The molecule has 1 atom stereocenters. The molecule has 0 radical (unpaired) electrons. The highest BCUT2D eigenvalue weighted by atomic mass is 32.2. The summed E-state index contributed by atoms with van der Waals surface area (Å²) in [5.41, 5.74) is 1.17. The molecule has 8 heteroatoms. The number of nitrogens with zero attached hydrogens (tertiary/aromatic N) is 2. The lowest BCUT2D eigenvalue weighted by Gasteiger charge is -2.13. The number of methoxy groups -OCH3 is 1. The van der Waals surface area contributed by atoms with Gasteiger partial charge in [0.1, 0.15) is 4.90 Å². The van der Waals surface area contributed by atoms with Gasteiger partial charge in [-0.15, -0.1) is 0 Å². The average molecular weight is 318 g/mol. The Hall–Kier alpha value is -0.960. The van der Waals surface area contributed by atoms with Crippen LogP contribution in [0.1, 0.15) is 25.2 Å². The minimum atomic E-state index is -3.59. The molecule has 0 aliphatic rings. The highest BCUT2D eigenvalue weighted by Gasteiger charge is 2.25. The molecule has 21 heavy (non-hydrogen) atoms. The Morgan fingerprint density at radius 2 is 2.05 bits per heavy atom. The summed E-state index contributed by atoms with van der Waals surface area (Å²) in [7, 11) is -2.04. The first kappa shape index (κ1) is 18.1. The van der Waals surface area contributed by atoms with Crippen molar-refractivity contribution < 1.29 is 13.2 Å². The van der Waals surface area contributed by atoms with Crippen molar-refractivity contribution in [1.82, 2.24) is 19.8 Å². The molecule has 7 nitrogen and oxygen atoms in total. The van der Waals surface area contributed by atoms with E-state index in [4.69, 9.17) is 4.74 Å². The van der Waals surface area contributed by atoms with Crippen LogP contribution in [0.15, 0.2) is 4.90 Å². The van der Waals surface area contributed by atoms with Gasteiger partial charge in [-0.25, -0.2) is 13.1 Å². The molecule has 0 saturated carbocycles.